The van der Waals surface area contributed by atoms with Crippen LogP contribution in [0.5, 0.6) is 0 Å². The van der Waals surface area contributed by atoms with Gasteiger partial charge in [-0.25, -0.2) is 0 Å². The molecule has 0 atom stereocenters. The summed E-state index contributed by atoms with van der Waals surface area (Å²) >= 11 is 7.46. The highest BCUT2D eigenvalue weighted by atomic mass is 32.2. The fourth-order valence-corrected chi connectivity index (χ4v) is 3.67. The topological polar surface area (TPSA) is 24.0 Å². The summed E-state index contributed by atoms with van der Waals surface area (Å²) in [7, 11) is 0. The van der Waals surface area contributed by atoms with E-state index in [0.717, 1.165) is 23.4 Å². The Morgan fingerprint density at radius 2 is 1.94 bits per heavy atom. The van der Waals surface area contributed by atoms with Gasteiger partial charge in [-0.2, -0.15) is 11.8 Å². The first-order valence-corrected chi connectivity index (χ1v) is 7.88. The van der Waals surface area contributed by atoms with Gasteiger partial charge in [0.1, 0.15) is 0 Å². The number of benzene rings is 1. The van der Waals surface area contributed by atoms with E-state index in [1.165, 1.54) is 30.1 Å². The molecule has 96 valence electrons. The van der Waals surface area contributed by atoms with Crippen molar-refractivity contribution in [1.29, 1.82) is 0 Å². The van der Waals surface area contributed by atoms with Gasteiger partial charge in [0, 0.05) is 37.7 Å². The highest BCUT2D eigenvalue weighted by Gasteiger charge is 2.11. The van der Waals surface area contributed by atoms with Crippen LogP contribution in [0.25, 0.3) is 11.0 Å². The van der Waals surface area contributed by atoms with Crippen molar-refractivity contribution >= 4 is 35.0 Å². The summed E-state index contributed by atoms with van der Waals surface area (Å²) in [4.78, 5) is 5.80. The fourth-order valence-electron chi connectivity index (χ4n) is 2.39. The average Bonchev–Trinajstić information content (AvgIpc) is 2.73. The number of thioether (sulfide) groups is 1. The Morgan fingerprint density at radius 3 is 2.78 bits per heavy atom. The summed E-state index contributed by atoms with van der Waals surface area (Å²) in [6, 6.07) is 8.33. The molecule has 1 aromatic heterocycles. The van der Waals surface area contributed by atoms with Gasteiger partial charge in [0.2, 0.25) is 0 Å². The summed E-state index contributed by atoms with van der Waals surface area (Å²) in [5.74, 6) is 2.53. The molecule has 0 bridgehead atoms. The Kier molecular flexibility index (Phi) is 3.72. The van der Waals surface area contributed by atoms with Gasteiger partial charge in [-0.05, 0) is 24.4 Å². The molecule has 3 nitrogen and oxygen atoms in total. The highest BCUT2D eigenvalue weighted by molar-refractivity contribution is 7.99. The molecule has 1 aliphatic rings. The molecule has 18 heavy (non-hydrogen) atoms. The maximum atomic E-state index is 5.40. The highest BCUT2D eigenvalue weighted by Crippen LogP contribution is 2.14. The lowest BCUT2D eigenvalue weighted by atomic mass is 10.3. The zero-order valence-corrected chi connectivity index (χ0v) is 11.9. The first kappa shape index (κ1) is 12.3. The minimum atomic E-state index is 0.836. The largest absolute Gasteiger partial charge is 0.331 e. The van der Waals surface area contributed by atoms with Gasteiger partial charge >= 0.3 is 0 Å². The number of imidazole rings is 1. The van der Waals surface area contributed by atoms with E-state index in [1.807, 2.05) is 6.07 Å². The standard InChI is InChI=1S/C13H17N3S2/c17-13-14-11-3-1-2-4-12(11)16(13)6-5-15-7-9-18-10-8-15/h1-4H,5-10H2,(H,14,17). The lowest BCUT2D eigenvalue weighted by molar-refractivity contribution is 0.290. The second kappa shape index (κ2) is 5.47. The van der Waals surface area contributed by atoms with Crippen molar-refractivity contribution in [2.75, 3.05) is 31.1 Å². The third-order valence-electron chi connectivity index (χ3n) is 3.43. The lowest BCUT2D eigenvalue weighted by Gasteiger charge is -2.26. The van der Waals surface area contributed by atoms with Gasteiger partial charge in [0.25, 0.3) is 0 Å². The lowest BCUT2D eigenvalue weighted by Crippen LogP contribution is -2.35. The molecule has 0 saturated carbocycles. The molecule has 2 aromatic rings. The summed E-state index contributed by atoms with van der Waals surface area (Å²) in [5.41, 5.74) is 2.35. The number of hydrogen-bond acceptors (Lipinski definition) is 3. The molecular weight excluding hydrogens is 262 g/mol. The fraction of sp³-hybridized carbons (Fsp3) is 0.462. The van der Waals surface area contributed by atoms with Crippen molar-refractivity contribution in [2.45, 2.75) is 6.54 Å². The Bertz CT molecular complexity index is 581. The number of rotatable bonds is 3. The third kappa shape index (κ3) is 2.48. The zero-order chi connectivity index (χ0) is 12.4. The summed E-state index contributed by atoms with van der Waals surface area (Å²) < 4.78 is 3.05. The van der Waals surface area contributed by atoms with E-state index in [2.05, 4.69) is 44.4 Å². The molecular formula is C13H17N3S2. The number of aromatic amines is 1. The van der Waals surface area contributed by atoms with Crippen LogP contribution in [0.3, 0.4) is 0 Å². The molecule has 1 fully saturated rings. The normalized spacial score (nSPS) is 17.3. The predicted molar refractivity (Wildman–Crippen MR) is 80.9 cm³/mol. The monoisotopic (exact) mass is 279 g/mol. The molecule has 3 rings (SSSR count). The quantitative estimate of drug-likeness (QED) is 0.874. The molecule has 1 aliphatic heterocycles. The van der Waals surface area contributed by atoms with Crippen LogP contribution >= 0.6 is 24.0 Å². The van der Waals surface area contributed by atoms with E-state index in [-0.39, 0.29) is 0 Å². The van der Waals surface area contributed by atoms with Gasteiger partial charge in [-0.1, -0.05) is 12.1 Å². The first-order chi connectivity index (χ1) is 8.84. The SMILES string of the molecule is S=c1[nH]c2ccccc2n1CCN1CCSCC1. The predicted octanol–water partition coefficient (Wildman–Crippen LogP) is 2.75. The molecule has 1 saturated heterocycles. The van der Waals surface area contributed by atoms with E-state index in [4.69, 9.17) is 12.2 Å². The maximum Gasteiger partial charge on any atom is 0.178 e. The molecule has 0 radical (unpaired) electrons. The van der Waals surface area contributed by atoms with Crippen molar-refractivity contribution in [2.24, 2.45) is 0 Å². The first-order valence-electron chi connectivity index (χ1n) is 6.32. The van der Waals surface area contributed by atoms with Crippen LogP contribution < -0.4 is 0 Å². The van der Waals surface area contributed by atoms with Gasteiger partial charge in [0.05, 0.1) is 11.0 Å². The molecule has 1 aromatic carbocycles. The van der Waals surface area contributed by atoms with Crippen molar-refractivity contribution < 1.29 is 0 Å². The van der Waals surface area contributed by atoms with Crippen LogP contribution in [0.1, 0.15) is 0 Å². The number of H-pyrrole nitrogens is 1. The average molecular weight is 279 g/mol. The minimum Gasteiger partial charge on any atom is -0.331 e. The van der Waals surface area contributed by atoms with Gasteiger partial charge in [0.15, 0.2) is 4.77 Å². The Hall–Kier alpha value is -0.780. The van der Waals surface area contributed by atoms with Crippen LogP contribution in [0, 0.1) is 4.77 Å². The molecule has 0 amide bonds. The van der Waals surface area contributed by atoms with Gasteiger partial charge < -0.3 is 9.55 Å². The van der Waals surface area contributed by atoms with Crippen molar-refractivity contribution in [3.63, 3.8) is 0 Å². The van der Waals surface area contributed by atoms with Gasteiger partial charge in [-0.3, -0.25) is 4.90 Å². The van der Waals surface area contributed by atoms with Gasteiger partial charge in [-0.15, -0.1) is 0 Å². The number of para-hydroxylation sites is 2. The van der Waals surface area contributed by atoms with Crippen molar-refractivity contribution in [1.82, 2.24) is 14.5 Å². The van der Waals surface area contributed by atoms with Crippen LogP contribution in [0.2, 0.25) is 0 Å². The number of hydrogen-bond donors (Lipinski definition) is 1. The molecule has 5 heteroatoms. The van der Waals surface area contributed by atoms with E-state index in [1.54, 1.807) is 0 Å². The summed E-state index contributed by atoms with van der Waals surface area (Å²) in [5, 5.41) is 0. The molecule has 0 unspecified atom stereocenters. The number of aromatic nitrogens is 2. The zero-order valence-electron chi connectivity index (χ0n) is 10.3. The van der Waals surface area contributed by atoms with Crippen molar-refractivity contribution in [3.8, 4) is 0 Å². The smallest absolute Gasteiger partial charge is 0.178 e. The molecule has 2 heterocycles. The van der Waals surface area contributed by atoms with Crippen LogP contribution in [0.4, 0.5) is 0 Å². The second-order valence-corrected chi connectivity index (χ2v) is 6.16. The number of nitrogens with one attached hydrogen (secondary N) is 1. The van der Waals surface area contributed by atoms with Crippen LogP contribution in [0.15, 0.2) is 24.3 Å². The van der Waals surface area contributed by atoms with E-state index < -0.39 is 0 Å². The van der Waals surface area contributed by atoms with Crippen LogP contribution in [-0.2, 0) is 6.54 Å². The molecule has 1 N–H and O–H groups in total. The Morgan fingerprint density at radius 1 is 1.17 bits per heavy atom. The Balaban J connectivity index is 1.77. The van der Waals surface area contributed by atoms with E-state index in [0.29, 0.717) is 0 Å². The Labute approximate surface area is 116 Å². The number of nitrogens with zero attached hydrogens (tertiary/aromatic N) is 2. The van der Waals surface area contributed by atoms with E-state index in [9.17, 15) is 0 Å². The maximum absolute atomic E-state index is 5.40. The minimum absolute atomic E-state index is 0.836. The van der Waals surface area contributed by atoms with Crippen LogP contribution in [-0.4, -0.2) is 45.6 Å². The second-order valence-electron chi connectivity index (χ2n) is 4.55. The van der Waals surface area contributed by atoms with E-state index >= 15 is 0 Å². The molecule has 0 aliphatic carbocycles. The summed E-state index contributed by atoms with van der Waals surface area (Å²) in [6.07, 6.45) is 0. The summed E-state index contributed by atoms with van der Waals surface area (Å²) in [6.45, 7) is 4.49. The third-order valence-corrected chi connectivity index (χ3v) is 4.69. The van der Waals surface area contributed by atoms with Crippen molar-refractivity contribution in [3.05, 3.63) is 29.0 Å². The molecule has 0 spiro atoms. The number of fused-ring (bicyclic) bond motifs is 1.